The summed E-state index contributed by atoms with van der Waals surface area (Å²) in [5.74, 6) is 0. The first kappa shape index (κ1) is 12.0. The normalized spacial score (nSPS) is 10.9. The topological polar surface area (TPSA) is 26.0 Å². The summed E-state index contributed by atoms with van der Waals surface area (Å²) >= 11 is 0. The van der Waals surface area contributed by atoms with Gasteiger partial charge in [0, 0.05) is 11.1 Å². The fourth-order valence-corrected chi connectivity index (χ4v) is 2.30. The third kappa shape index (κ3) is 3.00. The number of hydrogen-bond acceptors (Lipinski definition) is 1. The van der Waals surface area contributed by atoms with E-state index in [0.717, 1.165) is 12.1 Å². The second-order valence-corrected chi connectivity index (χ2v) is 4.72. The summed E-state index contributed by atoms with van der Waals surface area (Å²) in [7, 11) is 0. The number of fused-ring (bicyclic) bond motifs is 1. The molecule has 0 atom stereocenters. The first-order valence-electron chi connectivity index (χ1n) is 6.58. The number of hydrogen-bond donors (Lipinski definition) is 1. The number of anilines is 1. The molecule has 0 spiro atoms. The van der Waals surface area contributed by atoms with E-state index in [2.05, 4.69) is 37.3 Å². The molecule has 0 radical (unpaired) electrons. The highest BCUT2D eigenvalue weighted by Gasteiger charge is 2.01. The SMILES string of the molecule is CCCCCCc1cc(N)c2ccccc2c1. The fourth-order valence-electron chi connectivity index (χ4n) is 2.30. The van der Waals surface area contributed by atoms with Gasteiger partial charge in [0.2, 0.25) is 0 Å². The van der Waals surface area contributed by atoms with E-state index in [1.54, 1.807) is 0 Å². The van der Waals surface area contributed by atoms with Crippen molar-refractivity contribution in [3.8, 4) is 0 Å². The van der Waals surface area contributed by atoms with Crippen LogP contribution in [0.15, 0.2) is 36.4 Å². The van der Waals surface area contributed by atoms with Crippen LogP contribution in [0, 0.1) is 0 Å². The Hall–Kier alpha value is -1.50. The Bertz CT molecular complexity index is 488. The van der Waals surface area contributed by atoms with Gasteiger partial charge in [-0.05, 0) is 29.9 Å². The number of nitrogen functional groups attached to an aromatic ring is 1. The zero-order valence-electron chi connectivity index (χ0n) is 10.6. The van der Waals surface area contributed by atoms with Crippen molar-refractivity contribution in [2.45, 2.75) is 39.0 Å². The summed E-state index contributed by atoms with van der Waals surface area (Å²) in [6.45, 7) is 2.24. The van der Waals surface area contributed by atoms with Gasteiger partial charge >= 0.3 is 0 Å². The number of unbranched alkanes of at least 4 members (excludes halogenated alkanes) is 3. The minimum Gasteiger partial charge on any atom is -0.398 e. The van der Waals surface area contributed by atoms with Crippen LogP contribution in [0.1, 0.15) is 38.2 Å². The standard InChI is InChI=1S/C16H21N/c1-2-3-4-5-8-13-11-14-9-6-7-10-15(14)16(17)12-13/h6-7,9-12H,2-5,8,17H2,1H3. The molecule has 0 bridgehead atoms. The molecule has 0 saturated heterocycles. The summed E-state index contributed by atoms with van der Waals surface area (Å²) in [6, 6.07) is 12.8. The molecule has 0 aliphatic rings. The molecular formula is C16H21N. The summed E-state index contributed by atoms with van der Waals surface area (Å²) in [4.78, 5) is 0. The zero-order valence-corrected chi connectivity index (χ0v) is 10.6. The second kappa shape index (κ2) is 5.72. The van der Waals surface area contributed by atoms with Gasteiger partial charge in [0.05, 0.1) is 0 Å². The van der Waals surface area contributed by atoms with Gasteiger partial charge in [-0.15, -0.1) is 0 Å². The van der Waals surface area contributed by atoms with Crippen LogP contribution in [0.4, 0.5) is 5.69 Å². The van der Waals surface area contributed by atoms with E-state index in [4.69, 9.17) is 5.73 Å². The Morgan fingerprint density at radius 3 is 2.65 bits per heavy atom. The summed E-state index contributed by atoms with van der Waals surface area (Å²) < 4.78 is 0. The first-order chi connectivity index (χ1) is 8.31. The highest BCUT2D eigenvalue weighted by molar-refractivity contribution is 5.93. The molecule has 2 N–H and O–H groups in total. The van der Waals surface area contributed by atoms with Crippen molar-refractivity contribution in [3.63, 3.8) is 0 Å². The molecule has 90 valence electrons. The van der Waals surface area contributed by atoms with Crippen LogP contribution in [0.2, 0.25) is 0 Å². The van der Waals surface area contributed by atoms with Gasteiger partial charge in [0.1, 0.15) is 0 Å². The fraction of sp³-hybridized carbons (Fsp3) is 0.375. The minimum absolute atomic E-state index is 0.911. The molecule has 0 aliphatic carbocycles. The summed E-state index contributed by atoms with van der Waals surface area (Å²) in [5, 5.41) is 2.43. The van der Waals surface area contributed by atoms with Crippen molar-refractivity contribution in [3.05, 3.63) is 42.0 Å². The van der Waals surface area contributed by atoms with E-state index in [-0.39, 0.29) is 0 Å². The number of aryl methyl sites for hydroxylation is 1. The average molecular weight is 227 g/mol. The molecule has 2 aromatic rings. The molecule has 1 heteroatoms. The summed E-state index contributed by atoms with van der Waals surface area (Å²) in [6.07, 6.45) is 6.37. The second-order valence-electron chi connectivity index (χ2n) is 4.72. The Morgan fingerprint density at radius 1 is 1.00 bits per heavy atom. The van der Waals surface area contributed by atoms with E-state index < -0.39 is 0 Å². The lowest BCUT2D eigenvalue weighted by Crippen LogP contribution is -1.92. The van der Waals surface area contributed by atoms with Crippen molar-refractivity contribution in [1.29, 1.82) is 0 Å². The molecule has 1 nitrogen and oxygen atoms in total. The average Bonchev–Trinajstić information content (AvgIpc) is 2.35. The molecule has 17 heavy (non-hydrogen) atoms. The molecule has 0 unspecified atom stereocenters. The lowest BCUT2D eigenvalue weighted by molar-refractivity contribution is 0.667. The van der Waals surface area contributed by atoms with Crippen LogP contribution in [0.3, 0.4) is 0 Å². The molecule has 0 amide bonds. The third-order valence-electron chi connectivity index (χ3n) is 3.27. The maximum atomic E-state index is 6.09. The molecular weight excluding hydrogens is 206 g/mol. The van der Waals surface area contributed by atoms with Crippen molar-refractivity contribution in [1.82, 2.24) is 0 Å². The van der Waals surface area contributed by atoms with Crippen LogP contribution >= 0.6 is 0 Å². The Kier molecular flexibility index (Phi) is 4.03. The molecule has 0 aliphatic heterocycles. The van der Waals surface area contributed by atoms with Crippen molar-refractivity contribution < 1.29 is 0 Å². The van der Waals surface area contributed by atoms with Gasteiger partial charge < -0.3 is 5.73 Å². The third-order valence-corrected chi connectivity index (χ3v) is 3.27. The van der Waals surface area contributed by atoms with Gasteiger partial charge in [0.15, 0.2) is 0 Å². The Morgan fingerprint density at radius 2 is 1.82 bits per heavy atom. The number of nitrogens with two attached hydrogens (primary N) is 1. The van der Waals surface area contributed by atoms with Crippen LogP contribution in [-0.2, 0) is 6.42 Å². The van der Waals surface area contributed by atoms with E-state index in [0.29, 0.717) is 0 Å². The highest BCUT2D eigenvalue weighted by Crippen LogP contribution is 2.23. The Labute approximate surface area is 104 Å². The minimum atomic E-state index is 0.911. The molecule has 0 saturated carbocycles. The lowest BCUT2D eigenvalue weighted by Gasteiger charge is -2.07. The van der Waals surface area contributed by atoms with Crippen molar-refractivity contribution in [2.24, 2.45) is 0 Å². The van der Waals surface area contributed by atoms with Gasteiger partial charge in [0.25, 0.3) is 0 Å². The largest absolute Gasteiger partial charge is 0.398 e. The molecule has 0 fully saturated rings. The van der Waals surface area contributed by atoms with E-state index in [1.165, 1.54) is 42.0 Å². The number of benzene rings is 2. The molecule has 0 aromatic heterocycles. The van der Waals surface area contributed by atoms with Crippen LogP contribution in [0.5, 0.6) is 0 Å². The lowest BCUT2D eigenvalue weighted by atomic mass is 10.0. The van der Waals surface area contributed by atoms with Crippen LogP contribution < -0.4 is 5.73 Å². The Balaban J connectivity index is 2.13. The smallest absolute Gasteiger partial charge is 0.0396 e. The van der Waals surface area contributed by atoms with Crippen molar-refractivity contribution >= 4 is 16.5 Å². The van der Waals surface area contributed by atoms with E-state index in [1.807, 2.05) is 6.07 Å². The van der Waals surface area contributed by atoms with Gasteiger partial charge in [-0.1, -0.05) is 56.5 Å². The molecule has 2 rings (SSSR count). The highest BCUT2D eigenvalue weighted by atomic mass is 14.5. The van der Waals surface area contributed by atoms with Gasteiger partial charge in [-0.2, -0.15) is 0 Å². The monoisotopic (exact) mass is 227 g/mol. The maximum absolute atomic E-state index is 6.09. The number of rotatable bonds is 5. The predicted octanol–water partition coefficient (Wildman–Crippen LogP) is 4.54. The van der Waals surface area contributed by atoms with E-state index >= 15 is 0 Å². The first-order valence-corrected chi connectivity index (χ1v) is 6.58. The van der Waals surface area contributed by atoms with E-state index in [9.17, 15) is 0 Å². The van der Waals surface area contributed by atoms with Gasteiger partial charge in [-0.3, -0.25) is 0 Å². The predicted molar refractivity (Wildman–Crippen MR) is 76.2 cm³/mol. The maximum Gasteiger partial charge on any atom is 0.0396 e. The van der Waals surface area contributed by atoms with Crippen LogP contribution in [-0.4, -0.2) is 0 Å². The van der Waals surface area contributed by atoms with Crippen molar-refractivity contribution in [2.75, 3.05) is 5.73 Å². The molecule has 2 aromatic carbocycles. The summed E-state index contributed by atoms with van der Waals surface area (Å²) in [5.41, 5.74) is 8.37. The van der Waals surface area contributed by atoms with Gasteiger partial charge in [-0.25, -0.2) is 0 Å². The molecule has 0 heterocycles. The quantitative estimate of drug-likeness (QED) is 0.588. The zero-order chi connectivity index (χ0) is 12.1. The van der Waals surface area contributed by atoms with Crippen LogP contribution in [0.25, 0.3) is 10.8 Å².